The predicted molar refractivity (Wildman–Crippen MR) is 65.5 cm³/mol. The number of hydrogen-bond donors (Lipinski definition) is 3. The summed E-state index contributed by atoms with van der Waals surface area (Å²) in [7, 11) is 0. The molecule has 1 aliphatic rings. The van der Waals surface area contributed by atoms with Crippen LogP contribution in [0, 0.1) is 5.92 Å². The quantitative estimate of drug-likeness (QED) is 0.722. The summed E-state index contributed by atoms with van der Waals surface area (Å²) in [5.41, 5.74) is 7.06. The van der Waals surface area contributed by atoms with E-state index < -0.39 is 0 Å². The van der Waals surface area contributed by atoms with Crippen LogP contribution in [-0.4, -0.2) is 24.7 Å². The SMILES string of the molecule is NCC(c1cccc(O)c1)C1CCNCC1. The minimum absolute atomic E-state index is 0.338. The molecule has 1 aromatic rings. The first-order valence-corrected chi connectivity index (χ1v) is 6.01. The fraction of sp³-hybridized carbons (Fsp3) is 0.538. The lowest BCUT2D eigenvalue weighted by Crippen LogP contribution is -2.33. The Kier molecular flexibility index (Phi) is 3.80. The van der Waals surface area contributed by atoms with Crippen molar-refractivity contribution in [3.8, 4) is 5.75 Å². The van der Waals surface area contributed by atoms with Crippen molar-refractivity contribution in [3.63, 3.8) is 0 Å². The highest BCUT2D eigenvalue weighted by Gasteiger charge is 2.23. The lowest BCUT2D eigenvalue weighted by Gasteiger charge is -2.30. The van der Waals surface area contributed by atoms with E-state index >= 15 is 0 Å². The third kappa shape index (κ3) is 2.54. The Balaban J connectivity index is 2.14. The third-order valence-electron chi connectivity index (χ3n) is 3.51. The molecule has 4 N–H and O–H groups in total. The fourth-order valence-electron chi connectivity index (χ4n) is 2.60. The van der Waals surface area contributed by atoms with Gasteiger partial charge >= 0.3 is 0 Å². The normalized spacial score (nSPS) is 19.6. The number of phenolic OH excluding ortho intramolecular Hbond substituents is 1. The van der Waals surface area contributed by atoms with Gasteiger partial charge in [0.25, 0.3) is 0 Å². The van der Waals surface area contributed by atoms with Crippen LogP contribution in [0.15, 0.2) is 24.3 Å². The van der Waals surface area contributed by atoms with Crippen molar-refractivity contribution in [1.82, 2.24) is 5.32 Å². The van der Waals surface area contributed by atoms with Gasteiger partial charge in [-0.25, -0.2) is 0 Å². The standard InChI is InChI=1S/C13H20N2O/c14-9-13(10-4-6-15-7-5-10)11-2-1-3-12(16)8-11/h1-3,8,10,13,15-16H,4-7,9,14H2. The molecule has 16 heavy (non-hydrogen) atoms. The van der Waals surface area contributed by atoms with E-state index in [1.165, 1.54) is 18.4 Å². The molecule has 1 atom stereocenters. The van der Waals surface area contributed by atoms with Crippen molar-refractivity contribution in [2.45, 2.75) is 18.8 Å². The van der Waals surface area contributed by atoms with Crippen LogP contribution in [0.25, 0.3) is 0 Å². The molecule has 88 valence electrons. The van der Waals surface area contributed by atoms with Gasteiger partial charge in [0, 0.05) is 0 Å². The Hall–Kier alpha value is -1.06. The first-order chi connectivity index (χ1) is 7.81. The van der Waals surface area contributed by atoms with Gasteiger partial charge in [0.2, 0.25) is 0 Å². The molecule has 0 bridgehead atoms. The summed E-state index contributed by atoms with van der Waals surface area (Å²) in [5.74, 6) is 1.37. The van der Waals surface area contributed by atoms with Crippen LogP contribution in [-0.2, 0) is 0 Å². The Morgan fingerprint density at radius 1 is 1.38 bits per heavy atom. The molecule has 1 aromatic carbocycles. The summed E-state index contributed by atoms with van der Waals surface area (Å²) in [5, 5.41) is 12.9. The van der Waals surface area contributed by atoms with Crippen molar-refractivity contribution in [1.29, 1.82) is 0 Å². The summed E-state index contributed by atoms with van der Waals surface area (Å²) in [6.45, 7) is 2.83. The molecular weight excluding hydrogens is 200 g/mol. The maximum atomic E-state index is 9.50. The van der Waals surface area contributed by atoms with E-state index in [4.69, 9.17) is 5.73 Å². The first-order valence-electron chi connectivity index (χ1n) is 6.01. The number of nitrogens with one attached hydrogen (secondary N) is 1. The molecule has 0 aromatic heterocycles. The lowest BCUT2D eigenvalue weighted by molar-refractivity contribution is 0.320. The van der Waals surface area contributed by atoms with E-state index in [1.807, 2.05) is 12.1 Å². The average Bonchev–Trinajstić information content (AvgIpc) is 2.31. The smallest absolute Gasteiger partial charge is 0.115 e. The number of phenols is 1. The fourth-order valence-corrected chi connectivity index (χ4v) is 2.60. The summed E-state index contributed by atoms with van der Waals surface area (Å²) in [6.07, 6.45) is 2.36. The molecule has 0 amide bonds. The highest BCUT2D eigenvalue weighted by atomic mass is 16.3. The van der Waals surface area contributed by atoms with E-state index in [-0.39, 0.29) is 0 Å². The van der Waals surface area contributed by atoms with Gasteiger partial charge in [-0.05, 0) is 62.0 Å². The molecule has 3 heteroatoms. The molecular formula is C13H20N2O. The minimum atomic E-state index is 0.338. The maximum Gasteiger partial charge on any atom is 0.115 e. The summed E-state index contributed by atoms with van der Waals surface area (Å²) in [6, 6.07) is 7.52. The molecule has 1 aliphatic heterocycles. The summed E-state index contributed by atoms with van der Waals surface area (Å²) >= 11 is 0. The van der Waals surface area contributed by atoms with E-state index in [1.54, 1.807) is 6.07 Å². The highest BCUT2D eigenvalue weighted by Crippen LogP contribution is 2.31. The van der Waals surface area contributed by atoms with Crippen LogP contribution in [0.1, 0.15) is 24.3 Å². The van der Waals surface area contributed by atoms with E-state index in [0.29, 0.717) is 24.1 Å². The van der Waals surface area contributed by atoms with Gasteiger partial charge in [-0.2, -0.15) is 0 Å². The molecule has 2 rings (SSSR count). The molecule has 0 spiro atoms. The number of nitrogens with two attached hydrogens (primary N) is 1. The average molecular weight is 220 g/mol. The van der Waals surface area contributed by atoms with Crippen LogP contribution in [0.2, 0.25) is 0 Å². The van der Waals surface area contributed by atoms with E-state index in [0.717, 1.165) is 13.1 Å². The second-order valence-corrected chi connectivity index (χ2v) is 4.52. The van der Waals surface area contributed by atoms with Crippen LogP contribution in [0.4, 0.5) is 0 Å². The van der Waals surface area contributed by atoms with Gasteiger partial charge in [0.1, 0.15) is 5.75 Å². The molecule has 1 saturated heterocycles. The monoisotopic (exact) mass is 220 g/mol. The highest BCUT2D eigenvalue weighted by molar-refractivity contribution is 5.30. The van der Waals surface area contributed by atoms with Gasteiger partial charge in [-0.1, -0.05) is 12.1 Å². The van der Waals surface area contributed by atoms with E-state index in [9.17, 15) is 5.11 Å². The largest absolute Gasteiger partial charge is 0.508 e. The number of piperidine rings is 1. The number of hydrogen-bond acceptors (Lipinski definition) is 3. The van der Waals surface area contributed by atoms with Gasteiger partial charge in [0.05, 0.1) is 0 Å². The molecule has 0 saturated carbocycles. The lowest BCUT2D eigenvalue weighted by atomic mass is 9.80. The van der Waals surface area contributed by atoms with Crippen LogP contribution in [0.3, 0.4) is 0 Å². The number of aromatic hydroxyl groups is 1. The third-order valence-corrected chi connectivity index (χ3v) is 3.51. The van der Waals surface area contributed by atoms with Crippen molar-refractivity contribution in [3.05, 3.63) is 29.8 Å². The van der Waals surface area contributed by atoms with Crippen LogP contribution >= 0.6 is 0 Å². The molecule has 0 aliphatic carbocycles. The topological polar surface area (TPSA) is 58.3 Å². The molecule has 3 nitrogen and oxygen atoms in total. The van der Waals surface area contributed by atoms with Crippen LogP contribution in [0.5, 0.6) is 5.75 Å². The van der Waals surface area contributed by atoms with Crippen molar-refractivity contribution < 1.29 is 5.11 Å². The zero-order chi connectivity index (χ0) is 11.4. The Bertz CT molecular complexity index is 334. The second-order valence-electron chi connectivity index (χ2n) is 4.52. The molecule has 1 fully saturated rings. The van der Waals surface area contributed by atoms with Crippen LogP contribution < -0.4 is 11.1 Å². The van der Waals surface area contributed by atoms with Crippen molar-refractivity contribution >= 4 is 0 Å². The zero-order valence-electron chi connectivity index (χ0n) is 9.52. The zero-order valence-corrected chi connectivity index (χ0v) is 9.52. The minimum Gasteiger partial charge on any atom is -0.508 e. The number of rotatable bonds is 3. The van der Waals surface area contributed by atoms with Gasteiger partial charge in [-0.15, -0.1) is 0 Å². The Morgan fingerprint density at radius 2 is 2.12 bits per heavy atom. The van der Waals surface area contributed by atoms with Crippen molar-refractivity contribution in [2.24, 2.45) is 11.7 Å². The molecule has 1 heterocycles. The maximum absolute atomic E-state index is 9.50. The summed E-state index contributed by atoms with van der Waals surface area (Å²) < 4.78 is 0. The Morgan fingerprint density at radius 3 is 2.75 bits per heavy atom. The Labute approximate surface area is 96.7 Å². The number of benzene rings is 1. The molecule has 0 radical (unpaired) electrons. The van der Waals surface area contributed by atoms with Gasteiger partial charge in [0.15, 0.2) is 0 Å². The molecule has 1 unspecified atom stereocenters. The van der Waals surface area contributed by atoms with Gasteiger partial charge < -0.3 is 16.2 Å². The summed E-state index contributed by atoms with van der Waals surface area (Å²) in [4.78, 5) is 0. The van der Waals surface area contributed by atoms with E-state index in [2.05, 4.69) is 11.4 Å². The van der Waals surface area contributed by atoms with Gasteiger partial charge in [-0.3, -0.25) is 0 Å². The predicted octanol–water partition coefficient (Wildman–Crippen LogP) is 1.43. The first kappa shape index (κ1) is 11.4. The second kappa shape index (κ2) is 5.32. The van der Waals surface area contributed by atoms with Crippen molar-refractivity contribution in [2.75, 3.05) is 19.6 Å².